The molecule has 5 heteroatoms. The summed E-state index contributed by atoms with van der Waals surface area (Å²) >= 11 is 5.36. The first-order valence-corrected chi connectivity index (χ1v) is 7.02. The molecule has 3 rings (SSSR count). The van der Waals surface area contributed by atoms with Gasteiger partial charge in [-0.25, -0.2) is 4.39 Å². The van der Waals surface area contributed by atoms with Gasteiger partial charge in [0.25, 0.3) is 0 Å². The monoisotopic (exact) mass is 280 g/mol. The van der Waals surface area contributed by atoms with E-state index in [0.29, 0.717) is 16.3 Å². The van der Waals surface area contributed by atoms with Gasteiger partial charge in [-0.05, 0) is 55.6 Å². The number of aryl methyl sites for hydroxylation is 1. The number of benzene rings is 1. The zero-order valence-electron chi connectivity index (χ0n) is 10.9. The Labute approximate surface area is 116 Å². The molecule has 1 aromatic carbocycles. The van der Waals surface area contributed by atoms with Crippen LogP contribution in [0, 0.1) is 23.4 Å². The average Bonchev–Trinajstić information content (AvgIpc) is 2.68. The zero-order valence-corrected chi connectivity index (χ0v) is 11.7. The van der Waals surface area contributed by atoms with Gasteiger partial charge in [-0.3, -0.25) is 0 Å². The van der Waals surface area contributed by atoms with E-state index in [-0.39, 0.29) is 5.82 Å². The van der Waals surface area contributed by atoms with Gasteiger partial charge >= 0.3 is 0 Å². The summed E-state index contributed by atoms with van der Waals surface area (Å²) in [6.07, 6.45) is 2.13. The third-order valence-corrected chi connectivity index (χ3v) is 4.16. The van der Waals surface area contributed by atoms with Crippen LogP contribution in [0.4, 0.5) is 4.39 Å². The molecule has 0 spiro atoms. The van der Waals surface area contributed by atoms with Gasteiger partial charge in [-0.15, -0.1) is 0 Å². The van der Waals surface area contributed by atoms with Crippen molar-refractivity contribution in [3.8, 4) is 0 Å². The van der Waals surface area contributed by atoms with E-state index < -0.39 is 0 Å². The second-order valence-electron chi connectivity index (χ2n) is 5.22. The molecule has 3 nitrogen and oxygen atoms in total. The molecule has 19 heavy (non-hydrogen) atoms. The lowest BCUT2D eigenvalue weighted by molar-refractivity contribution is 0.0615. The van der Waals surface area contributed by atoms with Crippen molar-refractivity contribution in [2.24, 2.45) is 5.92 Å². The summed E-state index contributed by atoms with van der Waals surface area (Å²) in [7, 11) is 0. The van der Waals surface area contributed by atoms with E-state index in [1.165, 1.54) is 6.07 Å². The van der Waals surface area contributed by atoms with Crippen LogP contribution >= 0.6 is 12.2 Å². The highest BCUT2D eigenvalue weighted by atomic mass is 32.1. The highest BCUT2D eigenvalue weighted by molar-refractivity contribution is 7.71. The Kier molecular flexibility index (Phi) is 3.41. The molecule has 0 amide bonds. The summed E-state index contributed by atoms with van der Waals surface area (Å²) in [5.41, 5.74) is 2.43. The summed E-state index contributed by atoms with van der Waals surface area (Å²) in [5, 5.41) is 0. The van der Waals surface area contributed by atoms with Gasteiger partial charge in [-0.2, -0.15) is 0 Å². The Morgan fingerprint density at radius 3 is 2.89 bits per heavy atom. The first kappa shape index (κ1) is 12.8. The van der Waals surface area contributed by atoms with Crippen LogP contribution in [0.25, 0.3) is 11.0 Å². The van der Waals surface area contributed by atoms with Crippen molar-refractivity contribution in [3.05, 3.63) is 28.3 Å². The number of ether oxygens (including phenoxy) is 1. The third kappa shape index (κ3) is 2.44. The molecular formula is C14H17FN2OS. The smallest absolute Gasteiger partial charge is 0.178 e. The van der Waals surface area contributed by atoms with Crippen molar-refractivity contribution in [1.29, 1.82) is 0 Å². The predicted octanol–water partition coefficient (Wildman–Crippen LogP) is 3.57. The maximum Gasteiger partial charge on any atom is 0.178 e. The van der Waals surface area contributed by atoms with Gasteiger partial charge in [0, 0.05) is 19.8 Å². The number of imidazole rings is 1. The lowest BCUT2D eigenvalue weighted by Gasteiger charge is -2.22. The van der Waals surface area contributed by atoms with E-state index in [1.807, 2.05) is 6.07 Å². The third-order valence-electron chi connectivity index (χ3n) is 3.84. The minimum absolute atomic E-state index is 0.193. The summed E-state index contributed by atoms with van der Waals surface area (Å²) < 4.78 is 21.7. The highest BCUT2D eigenvalue weighted by Gasteiger charge is 2.16. The molecule has 0 aliphatic carbocycles. The fourth-order valence-electron chi connectivity index (χ4n) is 2.65. The molecule has 0 bridgehead atoms. The molecule has 0 saturated carbocycles. The van der Waals surface area contributed by atoms with Gasteiger partial charge in [0.15, 0.2) is 4.77 Å². The molecule has 1 saturated heterocycles. The van der Waals surface area contributed by atoms with Crippen molar-refractivity contribution in [2.75, 3.05) is 13.2 Å². The van der Waals surface area contributed by atoms with Crippen LogP contribution in [0.1, 0.15) is 18.4 Å². The lowest BCUT2D eigenvalue weighted by atomic mass is 10.0. The van der Waals surface area contributed by atoms with Crippen molar-refractivity contribution in [1.82, 2.24) is 9.55 Å². The van der Waals surface area contributed by atoms with Crippen molar-refractivity contribution in [2.45, 2.75) is 26.3 Å². The normalized spacial score (nSPS) is 17.2. The fraction of sp³-hybridized carbons (Fsp3) is 0.500. The molecule has 1 aromatic heterocycles. The van der Waals surface area contributed by atoms with Crippen LogP contribution in [-0.2, 0) is 11.3 Å². The molecule has 1 N–H and O–H groups in total. The van der Waals surface area contributed by atoms with Gasteiger partial charge in [0.05, 0.1) is 11.0 Å². The maximum atomic E-state index is 13.6. The standard InChI is InChI=1S/C14H17FN2OS/c1-9-6-13-12(7-11(9)15)16-14(19)17(13)8-10-2-4-18-5-3-10/h6-7,10H,2-5,8H2,1H3,(H,16,19). The number of aromatic nitrogens is 2. The second-order valence-corrected chi connectivity index (χ2v) is 5.60. The fourth-order valence-corrected chi connectivity index (χ4v) is 2.93. The van der Waals surface area contributed by atoms with E-state index in [9.17, 15) is 4.39 Å². The van der Waals surface area contributed by atoms with Gasteiger partial charge in [0.1, 0.15) is 5.82 Å². The Bertz CT molecular complexity index is 655. The van der Waals surface area contributed by atoms with Crippen LogP contribution in [0.3, 0.4) is 0 Å². The molecule has 0 unspecified atom stereocenters. The van der Waals surface area contributed by atoms with Gasteiger partial charge < -0.3 is 14.3 Å². The number of nitrogens with zero attached hydrogens (tertiary/aromatic N) is 1. The average molecular weight is 280 g/mol. The van der Waals surface area contributed by atoms with Crippen LogP contribution < -0.4 is 0 Å². The van der Waals surface area contributed by atoms with E-state index in [2.05, 4.69) is 9.55 Å². The molecule has 2 aromatic rings. The lowest BCUT2D eigenvalue weighted by Crippen LogP contribution is -2.20. The summed E-state index contributed by atoms with van der Waals surface area (Å²) in [4.78, 5) is 3.09. The first-order valence-electron chi connectivity index (χ1n) is 6.61. The van der Waals surface area contributed by atoms with Crippen molar-refractivity contribution < 1.29 is 9.13 Å². The maximum absolute atomic E-state index is 13.6. The van der Waals surface area contributed by atoms with E-state index in [1.54, 1.807) is 6.92 Å². The number of hydrogen-bond donors (Lipinski definition) is 1. The molecule has 1 aliphatic heterocycles. The SMILES string of the molecule is Cc1cc2c(cc1F)[nH]c(=S)n2CC1CCOCC1. The summed E-state index contributed by atoms with van der Waals surface area (Å²) in [5.74, 6) is 0.395. The molecule has 0 atom stereocenters. The van der Waals surface area contributed by atoms with E-state index in [0.717, 1.165) is 43.6 Å². The number of rotatable bonds is 2. The summed E-state index contributed by atoms with van der Waals surface area (Å²) in [6.45, 7) is 4.32. The number of aromatic amines is 1. The minimum atomic E-state index is -0.193. The van der Waals surface area contributed by atoms with Crippen LogP contribution in [0.5, 0.6) is 0 Å². The van der Waals surface area contributed by atoms with Gasteiger partial charge in [0.2, 0.25) is 0 Å². The molecule has 1 aliphatic rings. The Balaban J connectivity index is 2.00. The second kappa shape index (κ2) is 5.06. The number of H-pyrrole nitrogens is 1. The summed E-state index contributed by atoms with van der Waals surface area (Å²) in [6, 6.07) is 3.40. The van der Waals surface area contributed by atoms with Crippen molar-refractivity contribution >= 4 is 23.3 Å². The number of nitrogens with one attached hydrogen (secondary N) is 1. The van der Waals surface area contributed by atoms with Crippen LogP contribution in [-0.4, -0.2) is 22.8 Å². The topological polar surface area (TPSA) is 29.9 Å². The number of halogens is 1. The van der Waals surface area contributed by atoms with E-state index >= 15 is 0 Å². The number of hydrogen-bond acceptors (Lipinski definition) is 2. The number of fused-ring (bicyclic) bond motifs is 1. The molecule has 102 valence electrons. The predicted molar refractivity (Wildman–Crippen MR) is 75.4 cm³/mol. The Morgan fingerprint density at radius 1 is 1.42 bits per heavy atom. The molecular weight excluding hydrogens is 263 g/mol. The minimum Gasteiger partial charge on any atom is -0.381 e. The quantitative estimate of drug-likeness (QED) is 0.852. The van der Waals surface area contributed by atoms with E-state index in [4.69, 9.17) is 17.0 Å². The zero-order chi connectivity index (χ0) is 13.4. The van der Waals surface area contributed by atoms with Crippen LogP contribution in [0.2, 0.25) is 0 Å². The highest BCUT2D eigenvalue weighted by Crippen LogP contribution is 2.23. The Morgan fingerprint density at radius 2 is 2.16 bits per heavy atom. The molecule has 0 radical (unpaired) electrons. The molecule has 2 heterocycles. The van der Waals surface area contributed by atoms with Gasteiger partial charge in [-0.1, -0.05) is 0 Å². The van der Waals surface area contributed by atoms with Crippen LogP contribution in [0.15, 0.2) is 12.1 Å². The first-order chi connectivity index (χ1) is 9.15. The molecule has 1 fully saturated rings. The Hall–Kier alpha value is -1.20. The van der Waals surface area contributed by atoms with Crippen molar-refractivity contribution in [3.63, 3.8) is 0 Å². The largest absolute Gasteiger partial charge is 0.381 e.